The van der Waals surface area contributed by atoms with Crippen molar-refractivity contribution in [2.45, 2.75) is 6.92 Å². The first kappa shape index (κ1) is 13.6. The molecular weight excluding hydrogens is 256 g/mol. The van der Waals surface area contributed by atoms with E-state index >= 15 is 0 Å². The molecule has 2 aromatic carbocycles. The predicted molar refractivity (Wildman–Crippen MR) is 76.0 cm³/mol. The fraction of sp³-hybridized carbons (Fsp3) is 0.0667. The number of nitrogens with one attached hydrogen (secondary N) is 1. The number of rotatable bonds is 3. The van der Waals surface area contributed by atoms with Crippen molar-refractivity contribution in [2.24, 2.45) is 5.10 Å². The van der Waals surface area contributed by atoms with Gasteiger partial charge in [-0.3, -0.25) is 4.79 Å². The van der Waals surface area contributed by atoms with Crippen molar-refractivity contribution >= 4 is 12.1 Å². The van der Waals surface area contributed by atoms with Crippen LogP contribution in [0.3, 0.4) is 0 Å². The monoisotopic (exact) mass is 270 g/mol. The highest BCUT2D eigenvalue weighted by Crippen LogP contribution is 2.20. The first-order valence-corrected chi connectivity index (χ1v) is 5.98. The van der Waals surface area contributed by atoms with Crippen LogP contribution in [0.2, 0.25) is 0 Å². The molecule has 0 aliphatic carbocycles. The summed E-state index contributed by atoms with van der Waals surface area (Å²) in [6.45, 7) is 1.94. The molecule has 0 unspecified atom stereocenters. The predicted octanol–water partition coefficient (Wildman–Crippen LogP) is 2.17. The number of carbonyl (C=O) groups excluding carboxylic acids is 1. The Hall–Kier alpha value is -2.82. The Morgan fingerprint density at radius 2 is 1.80 bits per heavy atom. The Balaban J connectivity index is 2.07. The Kier molecular flexibility index (Phi) is 4.00. The fourth-order valence-electron chi connectivity index (χ4n) is 1.68. The van der Waals surface area contributed by atoms with E-state index in [1.54, 1.807) is 0 Å². The van der Waals surface area contributed by atoms with Gasteiger partial charge in [-0.05, 0) is 30.2 Å². The van der Waals surface area contributed by atoms with E-state index in [0.29, 0.717) is 0 Å². The van der Waals surface area contributed by atoms with E-state index in [9.17, 15) is 15.0 Å². The van der Waals surface area contributed by atoms with Gasteiger partial charge >= 0.3 is 0 Å². The zero-order valence-electron chi connectivity index (χ0n) is 10.9. The first-order valence-electron chi connectivity index (χ1n) is 5.98. The molecule has 5 nitrogen and oxygen atoms in total. The highest BCUT2D eigenvalue weighted by molar-refractivity contribution is 5.95. The molecule has 2 rings (SSSR count). The van der Waals surface area contributed by atoms with Crippen molar-refractivity contribution in [3.8, 4) is 11.5 Å². The SMILES string of the molecule is Cc1ccccc1C=NNC(=O)c1cc(O)cc(O)c1. The molecule has 0 fully saturated rings. The van der Waals surface area contributed by atoms with E-state index in [2.05, 4.69) is 10.5 Å². The Labute approximate surface area is 116 Å². The molecule has 0 heterocycles. The van der Waals surface area contributed by atoms with Gasteiger partial charge in [0.15, 0.2) is 0 Å². The van der Waals surface area contributed by atoms with Crippen molar-refractivity contribution in [2.75, 3.05) is 0 Å². The number of aromatic hydroxyl groups is 2. The molecule has 0 bridgehead atoms. The summed E-state index contributed by atoms with van der Waals surface area (Å²) in [5.74, 6) is -0.878. The third-order valence-electron chi connectivity index (χ3n) is 2.72. The van der Waals surface area contributed by atoms with E-state index in [1.165, 1.54) is 18.3 Å². The number of hydrazone groups is 1. The third-order valence-corrected chi connectivity index (χ3v) is 2.72. The highest BCUT2D eigenvalue weighted by Gasteiger charge is 2.07. The topological polar surface area (TPSA) is 81.9 Å². The molecule has 3 N–H and O–H groups in total. The van der Waals surface area contributed by atoms with Gasteiger partial charge in [-0.2, -0.15) is 5.10 Å². The van der Waals surface area contributed by atoms with Crippen molar-refractivity contribution in [3.63, 3.8) is 0 Å². The van der Waals surface area contributed by atoms with Crippen LogP contribution in [-0.2, 0) is 0 Å². The fourth-order valence-corrected chi connectivity index (χ4v) is 1.68. The minimum Gasteiger partial charge on any atom is -0.508 e. The maximum atomic E-state index is 11.8. The van der Waals surface area contributed by atoms with Gasteiger partial charge in [-0.1, -0.05) is 24.3 Å². The molecule has 0 aliphatic heterocycles. The Bertz CT molecular complexity index is 646. The largest absolute Gasteiger partial charge is 0.508 e. The summed E-state index contributed by atoms with van der Waals surface area (Å²) in [5, 5.41) is 22.5. The van der Waals surface area contributed by atoms with Gasteiger partial charge in [0.25, 0.3) is 5.91 Å². The number of aryl methyl sites for hydroxylation is 1. The minimum atomic E-state index is -0.513. The zero-order valence-corrected chi connectivity index (χ0v) is 10.9. The van der Waals surface area contributed by atoms with E-state index in [1.807, 2.05) is 31.2 Å². The molecule has 0 saturated heterocycles. The maximum absolute atomic E-state index is 11.8. The van der Waals surface area contributed by atoms with Crippen LogP contribution in [0.4, 0.5) is 0 Å². The summed E-state index contributed by atoms with van der Waals surface area (Å²) in [6, 6.07) is 11.3. The van der Waals surface area contributed by atoms with Crippen molar-refractivity contribution < 1.29 is 15.0 Å². The third kappa shape index (κ3) is 3.35. The van der Waals surface area contributed by atoms with Crippen LogP contribution in [0.1, 0.15) is 21.5 Å². The molecule has 0 spiro atoms. The zero-order chi connectivity index (χ0) is 14.5. The van der Waals surface area contributed by atoms with Gasteiger partial charge < -0.3 is 10.2 Å². The van der Waals surface area contributed by atoms with Crippen LogP contribution in [0.15, 0.2) is 47.6 Å². The summed E-state index contributed by atoms with van der Waals surface area (Å²) in [5.41, 5.74) is 4.40. The highest BCUT2D eigenvalue weighted by atomic mass is 16.3. The van der Waals surface area contributed by atoms with E-state index < -0.39 is 5.91 Å². The molecule has 102 valence electrons. The number of amides is 1. The number of phenols is 2. The molecule has 0 saturated carbocycles. The van der Waals surface area contributed by atoms with Crippen LogP contribution < -0.4 is 5.43 Å². The Morgan fingerprint density at radius 3 is 2.45 bits per heavy atom. The number of nitrogens with zero attached hydrogens (tertiary/aromatic N) is 1. The van der Waals surface area contributed by atoms with E-state index in [0.717, 1.165) is 17.2 Å². The molecule has 0 atom stereocenters. The summed E-state index contributed by atoms with van der Waals surface area (Å²) < 4.78 is 0. The molecule has 0 radical (unpaired) electrons. The van der Waals surface area contributed by atoms with Crippen molar-refractivity contribution in [3.05, 3.63) is 59.2 Å². The number of hydrogen-bond donors (Lipinski definition) is 3. The summed E-state index contributed by atoms with van der Waals surface area (Å²) in [6.07, 6.45) is 1.54. The summed E-state index contributed by atoms with van der Waals surface area (Å²) in [4.78, 5) is 11.8. The molecule has 5 heteroatoms. The quantitative estimate of drug-likeness (QED) is 0.590. The lowest BCUT2D eigenvalue weighted by atomic mass is 10.1. The second-order valence-corrected chi connectivity index (χ2v) is 4.29. The minimum absolute atomic E-state index is 0.129. The van der Waals surface area contributed by atoms with Crippen molar-refractivity contribution in [1.29, 1.82) is 0 Å². The molecule has 1 amide bonds. The molecule has 0 aliphatic rings. The molecule has 20 heavy (non-hydrogen) atoms. The van der Waals surface area contributed by atoms with Gasteiger partial charge in [0.2, 0.25) is 0 Å². The Morgan fingerprint density at radius 1 is 1.15 bits per heavy atom. The van der Waals surface area contributed by atoms with Crippen LogP contribution >= 0.6 is 0 Å². The van der Waals surface area contributed by atoms with Gasteiger partial charge in [-0.25, -0.2) is 5.43 Å². The van der Waals surface area contributed by atoms with Crippen LogP contribution in [0.5, 0.6) is 11.5 Å². The molecule has 0 aromatic heterocycles. The average molecular weight is 270 g/mol. The van der Waals surface area contributed by atoms with Gasteiger partial charge in [0.1, 0.15) is 11.5 Å². The second-order valence-electron chi connectivity index (χ2n) is 4.29. The van der Waals surface area contributed by atoms with Crippen molar-refractivity contribution in [1.82, 2.24) is 5.43 Å². The van der Waals surface area contributed by atoms with Crippen LogP contribution in [0, 0.1) is 6.92 Å². The first-order chi connectivity index (χ1) is 9.56. The molecule has 2 aromatic rings. The molecular formula is C15H14N2O3. The second kappa shape index (κ2) is 5.88. The lowest BCUT2D eigenvalue weighted by molar-refractivity contribution is 0.0954. The number of benzene rings is 2. The van der Waals surface area contributed by atoms with Gasteiger partial charge in [0.05, 0.1) is 6.21 Å². The lowest BCUT2D eigenvalue weighted by Crippen LogP contribution is -2.17. The number of phenolic OH excluding ortho intramolecular Hbond substituents is 2. The number of hydrogen-bond acceptors (Lipinski definition) is 4. The summed E-state index contributed by atoms with van der Waals surface area (Å²) >= 11 is 0. The standard InChI is InChI=1S/C15H14N2O3/c1-10-4-2-3-5-11(10)9-16-17-15(20)12-6-13(18)8-14(19)7-12/h2-9,18-19H,1H3,(H,17,20). The van der Waals surface area contributed by atoms with Gasteiger partial charge in [0, 0.05) is 11.6 Å². The van der Waals surface area contributed by atoms with E-state index in [-0.39, 0.29) is 17.1 Å². The normalized spacial score (nSPS) is 10.7. The van der Waals surface area contributed by atoms with Gasteiger partial charge in [-0.15, -0.1) is 0 Å². The van der Waals surface area contributed by atoms with E-state index in [4.69, 9.17) is 0 Å². The van der Waals surface area contributed by atoms with Crippen LogP contribution in [-0.4, -0.2) is 22.3 Å². The summed E-state index contributed by atoms with van der Waals surface area (Å²) in [7, 11) is 0. The maximum Gasteiger partial charge on any atom is 0.271 e. The lowest BCUT2D eigenvalue weighted by Gasteiger charge is -2.02. The average Bonchev–Trinajstić information content (AvgIpc) is 2.39. The number of carbonyl (C=O) groups is 1. The van der Waals surface area contributed by atoms with Crippen LogP contribution in [0.25, 0.3) is 0 Å². The smallest absolute Gasteiger partial charge is 0.271 e.